The molecule has 1 aromatic carbocycles. The molecule has 1 heterocycles. The summed E-state index contributed by atoms with van der Waals surface area (Å²) in [4.78, 5) is 2.61. The first-order valence-corrected chi connectivity index (χ1v) is 6.66. The van der Waals surface area contributed by atoms with Gasteiger partial charge in [0.15, 0.2) is 0 Å². The Morgan fingerprint density at radius 2 is 1.94 bits per heavy atom. The summed E-state index contributed by atoms with van der Waals surface area (Å²) in [5, 5.41) is 3.25. The third kappa shape index (κ3) is 3.08. The van der Waals surface area contributed by atoms with Gasteiger partial charge in [0.25, 0.3) is 0 Å². The first-order chi connectivity index (χ1) is 8.20. The van der Waals surface area contributed by atoms with Gasteiger partial charge in [-0.3, -0.25) is 4.90 Å². The van der Waals surface area contributed by atoms with Crippen LogP contribution in [0.5, 0.6) is 0 Å². The minimum Gasteiger partial charge on any atom is -0.316 e. The van der Waals surface area contributed by atoms with Gasteiger partial charge < -0.3 is 5.32 Å². The maximum absolute atomic E-state index is 3.25. The van der Waals surface area contributed by atoms with E-state index in [-0.39, 0.29) is 0 Å². The molecule has 2 nitrogen and oxygen atoms in total. The lowest BCUT2D eigenvalue weighted by Gasteiger charge is -2.22. The highest BCUT2D eigenvalue weighted by Gasteiger charge is 2.26. The van der Waals surface area contributed by atoms with E-state index in [1.54, 1.807) is 0 Å². The lowest BCUT2D eigenvalue weighted by molar-refractivity contribution is 0.256. The Hall–Kier alpha value is -0.860. The van der Waals surface area contributed by atoms with Crippen molar-refractivity contribution in [3.63, 3.8) is 0 Å². The summed E-state index contributed by atoms with van der Waals surface area (Å²) in [6.45, 7) is 8.02. The Balaban J connectivity index is 2.07. The molecule has 0 amide bonds. The van der Waals surface area contributed by atoms with Crippen molar-refractivity contribution in [3.05, 3.63) is 35.4 Å². The van der Waals surface area contributed by atoms with E-state index in [0.717, 1.165) is 25.0 Å². The Bertz CT molecular complexity index is 362. The van der Waals surface area contributed by atoms with Crippen LogP contribution < -0.4 is 5.32 Å². The lowest BCUT2D eigenvalue weighted by Crippen LogP contribution is -2.27. The van der Waals surface area contributed by atoms with Crippen molar-refractivity contribution in [2.24, 2.45) is 5.92 Å². The minimum absolute atomic E-state index is 0.729. The standard InChI is InChI=1S/C15H24N2/c1-12-8-13(2)17(10-12)11-15-7-5-4-6-14(15)9-16-3/h4-7,12-13,16H,8-11H2,1-3H3. The molecule has 0 bridgehead atoms. The second kappa shape index (κ2) is 5.65. The fourth-order valence-corrected chi connectivity index (χ4v) is 2.90. The molecule has 2 rings (SSSR count). The van der Waals surface area contributed by atoms with Gasteiger partial charge in [0.1, 0.15) is 0 Å². The van der Waals surface area contributed by atoms with Gasteiger partial charge in [0.05, 0.1) is 0 Å². The molecule has 1 N–H and O–H groups in total. The van der Waals surface area contributed by atoms with E-state index in [9.17, 15) is 0 Å². The molecule has 0 spiro atoms. The number of hydrogen-bond acceptors (Lipinski definition) is 2. The predicted octanol–water partition coefficient (Wildman–Crippen LogP) is 2.64. The van der Waals surface area contributed by atoms with Crippen LogP contribution >= 0.6 is 0 Å². The molecule has 2 atom stereocenters. The first-order valence-electron chi connectivity index (χ1n) is 6.66. The topological polar surface area (TPSA) is 15.3 Å². The van der Waals surface area contributed by atoms with E-state index in [1.165, 1.54) is 24.1 Å². The molecule has 0 radical (unpaired) electrons. The third-order valence-corrected chi connectivity index (χ3v) is 3.77. The van der Waals surface area contributed by atoms with E-state index in [1.807, 2.05) is 7.05 Å². The SMILES string of the molecule is CNCc1ccccc1CN1CC(C)CC1C. The molecule has 0 saturated carbocycles. The fourth-order valence-electron chi connectivity index (χ4n) is 2.90. The predicted molar refractivity (Wildman–Crippen MR) is 72.9 cm³/mol. The van der Waals surface area contributed by atoms with Crippen LogP contribution in [0.3, 0.4) is 0 Å². The average Bonchev–Trinajstić information content (AvgIpc) is 2.61. The Labute approximate surface area is 105 Å². The van der Waals surface area contributed by atoms with E-state index >= 15 is 0 Å². The van der Waals surface area contributed by atoms with Crippen LogP contribution in [0.2, 0.25) is 0 Å². The molecular formula is C15H24N2. The van der Waals surface area contributed by atoms with Crippen LogP contribution in [0.25, 0.3) is 0 Å². The highest BCUT2D eigenvalue weighted by Crippen LogP contribution is 2.25. The number of benzene rings is 1. The maximum Gasteiger partial charge on any atom is 0.0239 e. The number of hydrogen-bond donors (Lipinski definition) is 1. The lowest BCUT2D eigenvalue weighted by atomic mass is 10.1. The van der Waals surface area contributed by atoms with Gasteiger partial charge in [-0.05, 0) is 37.4 Å². The summed E-state index contributed by atoms with van der Waals surface area (Å²) in [7, 11) is 2.01. The zero-order valence-corrected chi connectivity index (χ0v) is 11.2. The van der Waals surface area contributed by atoms with Gasteiger partial charge >= 0.3 is 0 Å². The molecule has 0 aliphatic carbocycles. The molecule has 1 aliphatic rings. The van der Waals surface area contributed by atoms with E-state index in [4.69, 9.17) is 0 Å². The minimum atomic E-state index is 0.729. The summed E-state index contributed by atoms with van der Waals surface area (Å²) in [6.07, 6.45) is 1.34. The van der Waals surface area contributed by atoms with Crippen LogP contribution in [0, 0.1) is 5.92 Å². The molecule has 1 fully saturated rings. The number of nitrogens with one attached hydrogen (secondary N) is 1. The average molecular weight is 232 g/mol. The second-order valence-corrected chi connectivity index (χ2v) is 5.42. The summed E-state index contributed by atoms with van der Waals surface area (Å²) < 4.78 is 0. The van der Waals surface area contributed by atoms with E-state index < -0.39 is 0 Å². The fraction of sp³-hybridized carbons (Fsp3) is 0.600. The van der Waals surface area contributed by atoms with Gasteiger partial charge in [-0.1, -0.05) is 31.2 Å². The molecule has 2 heteroatoms. The first kappa shape index (κ1) is 12.6. The molecule has 1 aromatic rings. The van der Waals surface area contributed by atoms with Crippen molar-refractivity contribution in [2.75, 3.05) is 13.6 Å². The highest BCUT2D eigenvalue weighted by molar-refractivity contribution is 5.27. The second-order valence-electron chi connectivity index (χ2n) is 5.42. The Morgan fingerprint density at radius 1 is 1.24 bits per heavy atom. The van der Waals surface area contributed by atoms with Crippen LogP contribution in [0.1, 0.15) is 31.4 Å². The highest BCUT2D eigenvalue weighted by atomic mass is 15.2. The van der Waals surface area contributed by atoms with Crippen molar-refractivity contribution in [1.82, 2.24) is 10.2 Å². The van der Waals surface area contributed by atoms with Crippen LogP contribution in [-0.4, -0.2) is 24.5 Å². The smallest absolute Gasteiger partial charge is 0.0239 e. The van der Waals surface area contributed by atoms with Gasteiger partial charge in [-0.25, -0.2) is 0 Å². The molecule has 94 valence electrons. The van der Waals surface area contributed by atoms with Crippen molar-refractivity contribution < 1.29 is 0 Å². The molecule has 2 unspecified atom stereocenters. The normalized spacial score (nSPS) is 25.4. The van der Waals surface area contributed by atoms with Gasteiger partial charge in [0, 0.05) is 25.7 Å². The Kier molecular flexibility index (Phi) is 4.19. The number of rotatable bonds is 4. The van der Waals surface area contributed by atoms with Crippen molar-refractivity contribution >= 4 is 0 Å². The van der Waals surface area contributed by atoms with Crippen molar-refractivity contribution in [2.45, 2.75) is 39.4 Å². The van der Waals surface area contributed by atoms with Crippen LogP contribution in [0.4, 0.5) is 0 Å². The van der Waals surface area contributed by atoms with Gasteiger partial charge in [-0.2, -0.15) is 0 Å². The van der Waals surface area contributed by atoms with E-state index in [2.05, 4.69) is 48.3 Å². The van der Waals surface area contributed by atoms with Gasteiger partial charge in [0.2, 0.25) is 0 Å². The Morgan fingerprint density at radius 3 is 2.53 bits per heavy atom. The summed E-state index contributed by atoms with van der Waals surface area (Å²) in [5.74, 6) is 0.849. The molecule has 17 heavy (non-hydrogen) atoms. The third-order valence-electron chi connectivity index (χ3n) is 3.77. The molecular weight excluding hydrogens is 208 g/mol. The van der Waals surface area contributed by atoms with Crippen LogP contribution in [0.15, 0.2) is 24.3 Å². The quantitative estimate of drug-likeness (QED) is 0.858. The monoisotopic (exact) mass is 232 g/mol. The summed E-state index contributed by atoms with van der Waals surface area (Å²) in [6, 6.07) is 9.51. The largest absolute Gasteiger partial charge is 0.316 e. The maximum atomic E-state index is 3.25. The molecule has 1 aliphatic heterocycles. The van der Waals surface area contributed by atoms with Crippen molar-refractivity contribution in [1.29, 1.82) is 0 Å². The molecule has 0 aromatic heterocycles. The zero-order chi connectivity index (χ0) is 12.3. The summed E-state index contributed by atoms with van der Waals surface area (Å²) >= 11 is 0. The van der Waals surface area contributed by atoms with Gasteiger partial charge in [-0.15, -0.1) is 0 Å². The zero-order valence-electron chi connectivity index (χ0n) is 11.2. The molecule has 1 saturated heterocycles. The summed E-state index contributed by atoms with van der Waals surface area (Å²) in [5.41, 5.74) is 2.91. The number of nitrogens with zero attached hydrogens (tertiary/aromatic N) is 1. The van der Waals surface area contributed by atoms with Crippen LogP contribution in [-0.2, 0) is 13.1 Å². The number of likely N-dealkylation sites (tertiary alicyclic amines) is 1. The van der Waals surface area contributed by atoms with E-state index in [0.29, 0.717) is 0 Å². The van der Waals surface area contributed by atoms with Crippen molar-refractivity contribution in [3.8, 4) is 0 Å².